The fraction of sp³-hybridized carbons (Fsp3) is 0.647. The second-order valence-electron chi connectivity index (χ2n) is 6.93. The van der Waals surface area contributed by atoms with Gasteiger partial charge in [0.15, 0.2) is 5.96 Å². The number of carbonyl (C=O) groups excluding carboxylic acids is 4. The van der Waals surface area contributed by atoms with Gasteiger partial charge in [0, 0.05) is 13.0 Å². The monoisotopic (exact) mass is 460 g/mol. The van der Waals surface area contributed by atoms with E-state index in [1.807, 2.05) is 0 Å². The summed E-state index contributed by atoms with van der Waals surface area (Å²) in [5.74, 6) is -4.62. The summed E-state index contributed by atoms with van der Waals surface area (Å²) in [5, 5.41) is 25.2. The van der Waals surface area contributed by atoms with Crippen molar-refractivity contribution in [3.05, 3.63) is 0 Å². The van der Waals surface area contributed by atoms with Crippen molar-refractivity contribution in [2.75, 3.05) is 13.2 Å². The molecule has 0 spiro atoms. The van der Waals surface area contributed by atoms with E-state index in [2.05, 4.69) is 20.9 Å². The molecule has 15 heteroatoms. The molecule has 0 fully saturated rings. The molecule has 182 valence electrons. The highest BCUT2D eigenvalue weighted by molar-refractivity contribution is 5.94. The SMILES string of the molecule is CC(NC(=O)C(CCCN=C(N)N)NC(=O)C(CO)NC(=O)C(N)CCC(N)=O)C(=O)O. The first-order valence-corrected chi connectivity index (χ1v) is 9.73. The number of carbonyl (C=O) groups is 5. The number of primary amides is 1. The Morgan fingerprint density at radius 2 is 1.47 bits per heavy atom. The lowest BCUT2D eigenvalue weighted by atomic mass is 10.1. The average Bonchev–Trinajstić information content (AvgIpc) is 2.71. The number of aliphatic carboxylic acids is 1. The lowest BCUT2D eigenvalue weighted by Crippen LogP contribution is -2.57. The Kier molecular flexibility index (Phi) is 13.0. The number of nitrogens with one attached hydrogen (secondary N) is 3. The number of nitrogens with zero attached hydrogens (tertiary/aromatic N) is 1. The summed E-state index contributed by atoms with van der Waals surface area (Å²) in [7, 11) is 0. The van der Waals surface area contributed by atoms with Gasteiger partial charge in [-0.05, 0) is 26.2 Å². The van der Waals surface area contributed by atoms with E-state index in [0.717, 1.165) is 0 Å². The normalized spacial score (nSPS) is 14.2. The van der Waals surface area contributed by atoms with Gasteiger partial charge in [-0.15, -0.1) is 0 Å². The largest absolute Gasteiger partial charge is 0.480 e. The third kappa shape index (κ3) is 11.7. The molecule has 0 aromatic rings. The van der Waals surface area contributed by atoms with Crippen LogP contribution < -0.4 is 38.9 Å². The molecule has 0 saturated carbocycles. The second kappa shape index (κ2) is 14.5. The molecule has 0 heterocycles. The maximum Gasteiger partial charge on any atom is 0.325 e. The summed E-state index contributed by atoms with van der Waals surface area (Å²) >= 11 is 0. The molecule has 32 heavy (non-hydrogen) atoms. The highest BCUT2D eigenvalue weighted by Gasteiger charge is 2.28. The molecular formula is C17H32N8O7. The van der Waals surface area contributed by atoms with Crippen LogP contribution in [0.2, 0.25) is 0 Å². The molecule has 0 rings (SSSR count). The van der Waals surface area contributed by atoms with E-state index in [1.165, 1.54) is 6.92 Å². The Morgan fingerprint density at radius 3 is 1.97 bits per heavy atom. The molecule has 0 saturated heterocycles. The summed E-state index contributed by atoms with van der Waals surface area (Å²) in [5.41, 5.74) is 21.1. The minimum absolute atomic E-state index is 0.0327. The van der Waals surface area contributed by atoms with Crippen molar-refractivity contribution in [3.8, 4) is 0 Å². The predicted molar refractivity (Wildman–Crippen MR) is 113 cm³/mol. The molecule has 0 bridgehead atoms. The van der Waals surface area contributed by atoms with Crippen molar-refractivity contribution in [2.24, 2.45) is 27.9 Å². The molecule has 0 radical (unpaired) electrons. The minimum atomic E-state index is -1.45. The van der Waals surface area contributed by atoms with Crippen LogP contribution in [0.1, 0.15) is 32.6 Å². The highest BCUT2D eigenvalue weighted by atomic mass is 16.4. The van der Waals surface area contributed by atoms with Crippen molar-refractivity contribution in [1.29, 1.82) is 0 Å². The first-order chi connectivity index (χ1) is 14.9. The standard InChI is InChI=1S/C17H32N8O7/c1-8(16(31)32)23-14(29)10(3-2-6-22-17(20)21)24-15(30)11(7-26)25-13(28)9(18)4-5-12(19)27/h8-11,26H,2-7,18H2,1H3,(H2,19,27)(H,23,29)(H,24,30)(H,25,28)(H,31,32)(H4,20,21,22). The first kappa shape index (κ1) is 28.5. The second-order valence-corrected chi connectivity index (χ2v) is 6.93. The van der Waals surface area contributed by atoms with E-state index in [1.54, 1.807) is 0 Å². The number of hydrogen-bond donors (Lipinski definition) is 9. The van der Waals surface area contributed by atoms with E-state index in [9.17, 15) is 29.1 Å². The summed E-state index contributed by atoms with van der Waals surface area (Å²) in [4.78, 5) is 62.5. The zero-order valence-corrected chi connectivity index (χ0v) is 17.7. The highest BCUT2D eigenvalue weighted by Crippen LogP contribution is 2.02. The lowest BCUT2D eigenvalue weighted by molar-refractivity contribution is -0.142. The zero-order chi connectivity index (χ0) is 24.8. The smallest absolute Gasteiger partial charge is 0.325 e. The van der Waals surface area contributed by atoms with E-state index < -0.39 is 60.4 Å². The van der Waals surface area contributed by atoms with E-state index >= 15 is 0 Å². The Labute approximate surface area is 184 Å². The van der Waals surface area contributed by atoms with Crippen LogP contribution in [0.3, 0.4) is 0 Å². The Balaban J connectivity index is 5.16. The van der Waals surface area contributed by atoms with Crippen LogP contribution in [-0.2, 0) is 24.0 Å². The molecule has 0 aromatic carbocycles. The van der Waals surface area contributed by atoms with Gasteiger partial charge in [0.05, 0.1) is 12.6 Å². The van der Waals surface area contributed by atoms with Crippen LogP contribution >= 0.6 is 0 Å². The molecule has 4 atom stereocenters. The quantitative estimate of drug-likeness (QED) is 0.0638. The molecule has 0 aliphatic heterocycles. The fourth-order valence-electron chi connectivity index (χ4n) is 2.32. The van der Waals surface area contributed by atoms with Crippen LogP contribution in [0.4, 0.5) is 0 Å². The van der Waals surface area contributed by atoms with Gasteiger partial charge < -0.3 is 49.1 Å². The topological polar surface area (TPSA) is 278 Å². The van der Waals surface area contributed by atoms with Gasteiger partial charge in [0.1, 0.15) is 18.1 Å². The predicted octanol–water partition coefficient (Wildman–Crippen LogP) is -4.82. The van der Waals surface area contributed by atoms with Gasteiger partial charge in [0.2, 0.25) is 23.6 Å². The number of aliphatic hydroxyl groups is 1. The number of guanidine groups is 1. The Morgan fingerprint density at radius 1 is 0.906 bits per heavy atom. The van der Waals surface area contributed by atoms with Gasteiger partial charge in [-0.2, -0.15) is 0 Å². The van der Waals surface area contributed by atoms with Crippen molar-refractivity contribution in [2.45, 2.75) is 56.8 Å². The number of hydrogen-bond acceptors (Lipinski definition) is 8. The number of amides is 4. The van der Waals surface area contributed by atoms with Crippen molar-refractivity contribution < 1.29 is 34.2 Å². The Bertz CT molecular complexity index is 711. The van der Waals surface area contributed by atoms with Crippen LogP contribution in [0.5, 0.6) is 0 Å². The molecule has 13 N–H and O–H groups in total. The molecule has 0 aromatic heterocycles. The number of aliphatic hydroxyl groups excluding tert-OH is 1. The third-order valence-electron chi connectivity index (χ3n) is 4.16. The Hall–Kier alpha value is -3.46. The van der Waals surface area contributed by atoms with E-state index in [0.29, 0.717) is 0 Å². The maximum absolute atomic E-state index is 12.5. The van der Waals surface area contributed by atoms with Crippen LogP contribution in [0.15, 0.2) is 4.99 Å². The van der Waals surface area contributed by atoms with Gasteiger partial charge in [-0.25, -0.2) is 0 Å². The van der Waals surface area contributed by atoms with Crippen molar-refractivity contribution in [3.63, 3.8) is 0 Å². The van der Waals surface area contributed by atoms with Crippen LogP contribution in [0, 0.1) is 0 Å². The van der Waals surface area contributed by atoms with Crippen LogP contribution in [-0.4, -0.2) is 83.1 Å². The summed E-state index contributed by atoms with van der Waals surface area (Å²) in [6, 6.07) is -5.03. The first-order valence-electron chi connectivity index (χ1n) is 9.73. The van der Waals surface area contributed by atoms with Gasteiger partial charge in [-0.3, -0.25) is 29.0 Å². The molecule has 15 nitrogen and oxygen atoms in total. The average molecular weight is 460 g/mol. The number of rotatable bonds is 15. The lowest BCUT2D eigenvalue weighted by Gasteiger charge is -2.23. The van der Waals surface area contributed by atoms with Gasteiger partial charge in [0.25, 0.3) is 0 Å². The fourth-order valence-corrected chi connectivity index (χ4v) is 2.32. The molecule has 4 amide bonds. The summed E-state index contributed by atoms with van der Waals surface area (Å²) in [6.07, 6.45) is 0.0744. The third-order valence-corrected chi connectivity index (χ3v) is 4.16. The zero-order valence-electron chi connectivity index (χ0n) is 17.7. The number of nitrogens with two attached hydrogens (primary N) is 4. The molecular weight excluding hydrogens is 428 g/mol. The molecule has 0 aliphatic carbocycles. The summed E-state index contributed by atoms with van der Waals surface area (Å²) < 4.78 is 0. The van der Waals surface area contributed by atoms with E-state index in [4.69, 9.17) is 28.0 Å². The number of carboxylic acids is 1. The summed E-state index contributed by atoms with van der Waals surface area (Å²) in [6.45, 7) is 0.572. The van der Waals surface area contributed by atoms with Gasteiger partial charge >= 0.3 is 5.97 Å². The van der Waals surface area contributed by atoms with E-state index in [-0.39, 0.29) is 38.2 Å². The van der Waals surface area contributed by atoms with Crippen LogP contribution in [0.25, 0.3) is 0 Å². The minimum Gasteiger partial charge on any atom is -0.480 e. The van der Waals surface area contributed by atoms with Crippen molar-refractivity contribution >= 4 is 35.6 Å². The number of carboxylic acid groups (broad SMARTS) is 1. The van der Waals surface area contributed by atoms with Crippen molar-refractivity contribution in [1.82, 2.24) is 16.0 Å². The van der Waals surface area contributed by atoms with Gasteiger partial charge in [-0.1, -0.05) is 0 Å². The maximum atomic E-state index is 12.5. The molecule has 4 unspecified atom stereocenters. The number of aliphatic imine (C=N–C) groups is 1. The molecule has 0 aliphatic rings.